The summed E-state index contributed by atoms with van der Waals surface area (Å²) in [7, 11) is 0. The van der Waals surface area contributed by atoms with Gasteiger partial charge in [-0.15, -0.1) is 0 Å². The highest BCUT2D eigenvalue weighted by molar-refractivity contribution is 5.96. The molecule has 1 unspecified atom stereocenters. The highest BCUT2D eigenvalue weighted by Gasteiger charge is 2.27. The van der Waals surface area contributed by atoms with Gasteiger partial charge in [-0.25, -0.2) is 4.39 Å². The average molecular weight is 356 g/mol. The minimum Gasteiger partial charge on any atom is -0.485 e. The molecule has 2 amide bonds. The van der Waals surface area contributed by atoms with Gasteiger partial charge in [-0.2, -0.15) is 0 Å². The van der Waals surface area contributed by atoms with E-state index >= 15 is 0 Å². The molecule has 1 atom stereocenters. The van der Waals surface area contributed by atoms with E-state index in [0.29, 0.717) is 22.6 Å². The Bertz CT molecular complexity index is 849. The average Bonchev–Trinajstić information content (AvgIpc) is 2.66. The molecule has 1 aliphatic rings. The van der Waals surface area contributed by atoms with Gasteiger partial charge < -0.3 is 9.47 Å². The molecule has 0 radical (unpaired) electrons. The fraction of sp³-hybridized carbons (Fsp3) is 0.158. The molecule has 0 spiro atoms. The number of hydrogen-bond acceptors (Lipinski definition) is 4. The Morgan fingerprint density at radius 2 is 1.77 bits per heavy atom. The van der Waals surface area contributed by atoms with Crippen LogP contribution in [0.3, 0.4) is 0 Å². The van der Waals surface area contributed by atoms with E-state index in [4.69, 9.17) is 9.47 Å². The molecule has 0 aliphatic carbocycles. The summed E-state index contributed by atoms with van der Waals surface area (Å²) < 4.78 is 23.9. The van der Waals surface area contributed by atoms with Gasteiger partial charge in [-0.1, -0.05) is 24.3 Å². The van der Waals surface area contributed by atoms with Crippen molar-refractivity contribution >= 4 is 17.4 Å². The molecule has 0 saturated heterocycles. The molecule has 134 valence electrons. The van der Waals surface area contributed by atoms with E-state index in [1.54, 1.807) is 43.3 Å². The summed E-state index contributed by atoms with van der Waals surface area (Å²) in [5, 5.41) is 0. The summed E-state index contributed by atoms with van der Waals surface area (Å²) in [6, 6.07) is 12.8. The first-order valence-electron chi connectivity index (χ1n) is 7.95. The quantitative estimate of drug-likeness (QED) is 0.653. The Kier molecular flexibility index (Phi) is 5.17. The maximum Gasteiger partial charge on any atom is 0.283 e. The van der Waals surface area contributed by atoms with Gasteiger partial charge in [0.15, 0.2) is 11.5 Å². The molecule has 2 aromatic carbocycles. The van der Waals surface area contributed by atoms with Crippen LogP contribution in [-0.4, -0.2) is 24.5 Å². The number of fused-ring (bicyclic) bond motifs is 1. The second-order valence-electron chi connectivity index (χ2n) is 5.68. The third-order valence-corrected chi connectivity index (χ3v) is 3.76. The van der Waals surface area contributed by atoms with Crippen LogP contribution in [-0.2, 0) is 9.59 Å². The SMILES string of the molecule is C/C(=C\C(=O)NNC(=O)C1COc2ccccc2O1)c1ccc(F)cc1. The highest BCUT2D eigenvalue weighted by Crippen LogP contribution is 2.30. The van der Waals surface area contributed by atoms with Crippen molar-refractivity contribution in [2.75, 3.05) is 6.61 Å². The maximum atomic E-state index is 12.9. The summed E-state index contributed by atoms with van der Waals surface area (Å²) in [5.41, 5.74) is 5.92. The number of nitrogens with one attached hydrogen (secondary N) is 2. The third-order valence-electron chi connectivity index (χ3n) is 3.76. The van der Waals surface area contributed by atoms with Crippen LogP contribution in [0.5, 0.6) is 11.5 Å². The summed E-state index contributed by atoms with van der Waals surface area (Å²) in [5.74, 6) is -0.358. The molecule has 26 heavy (non-hydrogen) atoms. The molecule has 1 heterocycles. The molecule has 0 saturated carbocycles. The van der Waals surface area contributed by atoms with E-state index in [1.807, 2.05) is 0 Å². The predicted octanol–water partition coefficient (Wildman–Crippen LogP) is 2.22. The van der Waals surface area contributed by atoms with Crippen LogP contribution >= 0.6 is 0 Å². The molecule has 1 aliphatic heterocycles. The zero-order chi connectivity index (χ0) is 18.5. The van der Waals surface area contributed by atoms with Crippen molar-refractivity contribution in [3.63, 3.8) is 0 Å². The van der Waals surface area contributed by atoms with Gasteiger partial charge in [0, 0.05) is 6.08 Å². The molecule has 2 aromatic rings. The lowest BCUT2D eigenvalue weighted by atomic mass is 10.1. The van der Waals surface area contributed by atoms with E-state index in [-0.39, 0.29) is 12.4 Å². The Hall–Kier alpha value is -3.35. The number of ether oxygens (including phenoxy) is 2. The number of para-hydroxylation sites is 2. The number of halogens is 1. The predicted molar refractivity (Wildman–Crippen MR) is 92.7 cm³/mol. The van der Waals surface area contributed by atoms with Gasteiger partial charge in [0.05, 0.1) is 0 Å². The van der Waals surface area contributed by atoms with Crippen LogP contribution in [0.25, 0.3) is 5.57 Å². The number of hydrogen-bond donors (Lipinski definition) is 2. The van der Waals surface area contributed by atoms with Gasteiger partial charge >= 0.3 is 0 Å². The zero-order valence-corrected chi connectivity index (χ0v) is 14.0. The highest BCUT2D eigenvalue weighted by atomic mass is 19.1. The number of allylic oxidation sites excluding steroid dienone is 1. The monoisotopic (exact) mass is 356 g/mol. The van der Waals surface area contributed by atoms with Crippen LogP contribution in [0.15, 0.2) is 54.6 Å². The Morgan fingerprint density at radius 1 is 1.08 bits per heavy atom. The molecule has 0 fully saturated rings. The normalized spacial score (nSPS) is 15.9. The molecule has 0 aromatic heterocycles. The fourth-order valence-corrected chi connectivity index (χ4v) is 2.38. The third kappa shape index (κ3) is 4.18. The van der Waals surface area contributed by atoms with Crippen LogP contribution in [0, 0.1) is 5.82 Å². The van der Waals surface area contributed by atoms with Crippen molar-refractivity contribution in [3.05, 3.63) is 66.0 Å². The topological polar surface area (TPSA) is 76.7 Å². The maximum absolute atomic E-state index is 12.9. The molecular formula is C19H17FN2O4. The lowest BCUT2D eigenvalue weighted by Gasteiger charge is -2.25. The van der Waals surface area contributed by atoms with Crippen molar-refractivity contribution in [3.8, 4) is 11.5 Å². The van der Waals surface area contributed by atoms with Gasteiger partial charge in [0.2, 0.25) is 6.10 Å². The molecule has 0 bridgehead atoms. The number of benzene rings is 2. The number of hydrazine groups is 1. The minimum atomic E-state index is -0.868. The molecular weight excluding hydrogens is 339 g/mol. The van der Waals surface area contributed by atoms with Crippen molar-refractivity contribution < 1.29 is 23.5 Å². The number of amides is 2. The minimum absolute atomic E-state index is 0.0448. The lowest BCUT2D eigenvalue weighted by molar-refractivity contribution is -0.134. The van der Waals surface area contributed by atoms with E-state index in [0.717, 1.165) is 0 Å². The van der Waals surface area contributed by atoms with Gasteiger partial charge in [-0.05, 0) is 42.3 Å². The van der Waals surface area contributed by atoms with E-state index in [1.165, 1.54) is 18.2 Å². The standard InChI is InChI=1S/C19H17FN2O4/c1-12(13-6-8-14(20)9-7-13)10-18(23)21-22-19(24)17-11-25-15-4-2-3-5-16(15)26-17/h2-10,17H,11H2,1H3,(H,21,23)(H,22,24)/b12-10+. The number of carbonyl (C=O) groups excluding carboxylic acids is 2. The van der Waals surface area contributed by atoms with Crippen LogP contribution < -0.4 is 20.3 Å². The number of carbonyl (C=O) groups is 2. The lowest BCUT2D eigenvalue weighted by Crippen LogP contribution is -2.50. The molecule has 6 nitrogen and oxygen atoms in total. The largest absolute Gasteiger partial charge is 0.485 e. The summed E-state index contributed by atoms with van der Waals surface area (Å²) in [6.07, 6.45) is 0.438. The smallest absolute Gasteiger partial charge is 0.283 e. The second-order valence-corrected chi connectivity index (χ2v) is 5.68. The van der Waals surface area contributed by atoms with Crippen molar-refractivity contribution in [2.45, 2.75) is 13.0 Å². The van der Waals surface area contributed by atoms with E-state index < -0.39 is 17.9 Å². The fourth-order valence-electron chi connectivity index (χ4n) is 2.38. The van der Waals surface area contributed by atoms with Gasteiger partial charge in [-0.3, -0.25) is 20.4 Å². The van der Waals surface area contributed by atoms with Crippen molar-refractivity contribution in [1.29, 1.82) is 0 Å². The van der Waals surface area contributed by atoms with Crippen molar-refractivity contribution in [2.24, 2.45) is 0 Å². The summed E-state index contributed by atoms with van der Waals surface area (Å²) >= 11 is 0. The van der Waals surface area contributed by atoms with Gasteiger partial charge in [0.1, 0.15) is 12.4 Å². The van der Waals surface area contributed by atoms with Crippen molar-refractivity contribution in [1.82, 2.24) is 10.9 Å². The second kappa shape index (κ2) is 7.69. The first-order chi connectivity index (χ1) is 12.5. The zero-order valence-electron chi connectivity index (χ0n) is 14.0. The molecule has 2 N–H and O–H groups in total. The van der Waals surface area contributed by atoms with E-state index in [2.05, 4.69) is 10.9 Å². The van der Waals surface area contributed by atoms with Crippen LogP contribution in [0.4, 0.5) is 4.39 Å². The summed E-state index contributed by atoms with van der Waals surface area (Å²) in [4.78, 5) is 24.0. The van der Waals surface area contributed by atoms with Crippen LogP contribution in [0.1, 0.15) is 12.5 Å². The first-order valence-corrected chi connectivity index (χ1v) is 7.95. The van der Waals surface area contributed by atoms with Crippen LogP contribution in [0.2, 0.25) is 0 Å². The van der Waals surface area contributed by atoms with E-state index in [9.17, 15) is 14.0 Å². The Labute approximate surface area is 149 Å². The molecule has 3 rings (SSSR count). The number of rotatable bonds is 3. The molecule has 7 heteroatoms. The summed E-state index contributed by atoms with van der Waals surface area (Å²) in [6.45, 7) is 1.76. The Morgan fingerprint density at radius 3 is 2.50 bits per heavy atom. The van der Waals surface area contributed by atoms with Gasteiger partial charge in [0.25, 0.3) is 11.8 Å². The Balaban J connectivity index is 1.54. The first kappa shape index (κ1) is 17.5.